The van der Waals surface area contributed by atoms with Gasteiger partial charge in [0.2, 0.25) is 0 Å². The fourth-order valence-corrected chi connectivity index (χ4v) is 1.23. The van der Waals surface area contributed by atoms with Gasteiger partial charge in [0.15, 0.2) is 0 Å². The molecular weight excluding hydrogens is 176 g/mol. The minimum Gasteiger partial charge on any atom is -0.394 e. The highest BCUT2D eigenvalue weighted by molar-refractivity contribution is 5.47. The molecular formula is C11H18N2O. The van der Waals surface area contributed by atoms with Gasteiger partial charge in [-0.2, -0.15) is 0 Å². The van der Waals surface area contributed by atoms with Crippen molar-refractivity contribution in [2.24, 2.45) is 5.73 Å². The number of anilines is 1. The van der Waals surface area contributed by atoms with Crippen molar-refractivity contribution >= 4 is 5.69 Å². The van der Waals surface area contributed by atoms with E-state index in [4.69, 9.17) is 10.8 Å². The predicted molar refractivity (Wildman–Crippen MR) is 59.4 cm³/mol. The summed E-state index contributed by atoms with van der Waals surface area (Å²) in [5.74, 6) is 0. The molecule has 0 fully saturated rings. The van der Waals surface area contributed by atoms with Crippen LogP contribution in [0.2, 0.25) is 0 Å². The van der Waals surface area contributed by atoms with Crippen molar-refractivity contribution in [1.29, 1.82) is 0 Å². The fourth-order valence-electron chi connectivity index (χ4n) is 1.23. The van der Waals surface area contributed by atoms with Gasteiger partial charge in [-0.3, -0.25) is 0 Å². The van der Waals surface area contributed by atoms with Gasteiger partial charge in [-0.15, -0.1) is 0 Å². The Morgan fingerprint density at radius 2 is 1.79 bits per heavy atom. The topological polar surface area (TPSA) is 49.5 Å². The van der Waals surface area contributed by atoms with Crippen molar-refractivity contribution in [3.05, 3.63) is 29.8 Å². The first-order valence-electron chi connectivity index (χ1n) is 4.65. The van der Waals surface area contributed by atoms with Gasteiger partial charge in [-0.05, 0) is 24.6 Å². The van der Waals surface area contributed by atoms with Crippen molar-refractivity contribution in [3.8, 4) is 0 Å². The summed E-state index contributed by atoms with van der Waals surface area (Å²) in [5.41, 5.74) is 7.33. The van der Waals surface area contributed by atoms with E-state index in [0.29, 0.717) is 0 Å². The largest absolute Gasteiger partial charge is 0.394 e. The molecule has 78 valence electrons. The number of hydrogen-bond acceptors (Lipinski definition) is 3. The zero-order chi connectivity index (χ0) is 10.8. The lowest BCUT2D eigenvalue weighted by atomic mass is 9.94. The quantitative estimate of drug-likeness (QED) is 0.752. The van der Waals surface area contributed by atoms with Crippen LogP contribution in [-0.2, 0) is 5.54 Å². The number of hydrogen-bond donors (Lipinski definition) is 2. The molecule has 0 aromatic heterocycles. The highest BCUT2D eigenvalue weighted by Gasteiger charge is 2.19. The molecule has 0 saturated heterocycles. The van der Waals surface area contributed by atoms with E-state index < -0.39 is 5.54 Å². The van der Waals surface area contributed by atoms with Crippen molar-refractivity contribution in [1.82, 2.24) is 0 Å². The van der Waals surface area contributed by atoms with Crippen LogP contribution in [0.5, 0.6) is 0 Å². The molecule has 0 unspecified atom stereocenters. The SMILES string of the molecule is CN(C)c1ccc([C@](C)(N)CO)cc1. The molecule has 1 rings (SSSR count). The van der Waals surface area contributed by atoms with Crippen LogP contribution in [0.25, 0.3) is 0 Å². The molecule has 14 heavy (non-hydrogen) atoms. The summed E-state index contributed by atoms with van der Waals surface area (Å²) >= 11 is 0. The molecule has 3 N–H and O–H groups in total. The van der Waals surface area contributed by atoms with E-state index >= 15 is 0 Å². The average molecular weight is 194 g/mol. The molecule has 0 bridgehead atoms. The molecule has 1 atom stereocenters. The Labute approximate surface area is 85.2 Å². The van der Waals surface area contributed by atoms with E-state index in [1.54, 1.807) is 0 Å². The van der Waals surface area contributed by atoms with Crippen molar-refractivity contribution in [2.45, 2.75) is 12.5 Å². The van der Waals surface area contributed by atoms with Crippen LogP contribution in [0.15, 0.2) is 24.3 Å². The number of nitrogens with zero attached hydrogens (tertiary/aromatic N) is 1. The minimum atomic E-state index is -0.648. The van der Waals surface area contributed by atoms with Gasteiger partial charge >= 0.3 is 0 Å². The zero-order valence-electron chi connectivity index (χ0n) is 8.99. The van der Waals surface area contributed by atoms with E-state index in [2.05, 4.69) is 0 Å². The molecule has 0 saturated carbocycles. The summed E-state index contributed by atoms with van der Waals surface area (Å²) in [5, 5.41) is 9.09. The van der Waals surface area contributed by atoms with Gasteiger partial charge in [0.25, 0.3) is 0 Å². The van der Waals surface area contributed by atoms with Crippen LogP contribution < -0.4 is 10.6 Å². The number of aliphatic hydroxyl groups excluding tert-OH is 1. The first-order valence-corrected chi connectivity index (χ1v) is 4.65. The third-order valence-corrected chi connectivity index (χ3v) is 2.37. The van der Waals surface area contributed by atoms with E-state index in [-0.39, 0.29) is 6.61 Å². The van der Waals surface area contributed by atoms with Gasteiger partial charge in [0.1, 0.15) is 0 Å². The van der Waals surface area contributed by atoms with Crippen molar-refractivity contribution in [2.75, 3.05) is 25.6 Å². The molecule has 1 aromatic carbocycles. The summed E-state index contributed by atoms with van der Waals surface area (Å²) in [4.78, 5) is 2.02. The first-order chi connectivity index (χ1) is 6.47. The lowest BCUT2D eigenvalue weighted by molar-refractivity contribution is 0.210. The normalized spacial score (nSPS) is 14.9. The third kappa shape index (κ3) is 2.25. The fraction of sp³-hybridized carbons (Fsp3) is 0.455. The summed E-state index contributed by atoms with van der Waals surface area (Å²) in [6.45, 7) is 1.77. The Bertz CT molecular complexity index is 291. The van der Waals surface area contributed by atoms with Gasteiger partial charge < -0.3 is 15.7 Å². The molecule has 3 heteroatoms. The maximum absolute atomic E-state index is 9.09. The van der Waals surface area contributed by atoms with Crippen LogP contribution in [0.1, 0.15) is 12.5 Å². The molecule has 0 spiro atoms. The number of nitrogens with two attached hydrogens (primary N) is 1. The lowest BCUT2D eigenvalue weighted by Crippen LogP contribution is -2.36. The van der Waals surface area contributed by atoms with Crippen LogP contribution >= 0.6 is 0 Å². The Balaban J connectivity index is 2.94. The van der Waals surface area contributed by atoms with Crippen LogP contribution in [0.3, 0.4) is 0 Å². The van der Waals surface area contributed by atoms with Crippen molar-refractivity contribution < 1.29 is 5.11 Å². The third-order valence-electron chi connectivity index (χ3n) is 2.37. The molecule has 0 heterocycles. The zero-order valence-corrected chi connectivity index (χ0v) is 8.99. The maximum atomic E-state index is 9.09. The molecule has 0 amide bonds. The highest BCUT2D eigenvalue weighted by Crippen LogP contribution is 2.20. The second-order valence-corrected chi connectivity index (χ2v) is 4.02. The number of benzene rings is 1. The van der Waals surface area contributed by atoms with Gasteiger partial charge in [0, 0.05) is 19.8 Å². The molecule has 1 aromatic rings. The van der Waals surface area contributed by atoms with E-state index in [1.807, 2.05) is 50.2 Å². The van der Waals surface area contributed by atoms with Crippen molar-refractivity contribution in [3.63, 3.8) is 0 Å². The second kappa shape index (κ2) is 3.98. The number of aliphatic hydroxyl groups is 1. The maximum Gasteiger partial charge on any atom is 0.0650 e. The van der Waals surface area contributed by atoms with Gasteiger partial charge in [-0.25, -0.2) is 0 Å². The monoisotopic (exact) mass is 194 g/mol. The standard InChI is InChI=1S/C11H18N2O/c1-11(12,8-14)9-4-6-10(7-5-9)13(2)3/h4-7,14H,8,12H2,1-3H3/t11-/m1/s1. The average Bonchev–Trinajstić information content (AvgIpc) is 2.18. The van der Waals surface area contributed by atoms with E-state index in [1.165, 1.54) is 0 Å². The molecule has 3 nitrogen and oxygen atoms in total. The summed E-state index contributed by atoms with van der Waals surface area (Å²) in [7, 11) is 3.98. The Morgan fingerprint density at radius 1 is 1.29 bits per heavy atom. The minimum absolute atomic E-state index is 0.0473. The van der Waals surface area contributed by atoms with E-state index in [0.717, 1.165) is 11.3 Å². The molecule has 0 aliphatic rings. The predicted octanol–water partition coefficient (Wildman–Crippen LogP) is 0.919. The molecule has 0 aliphatic heterocycles. The van der Waals surface area contributed by atoms with Crippen LogP contribution in [-0.4, -0.2) is 25.8 Å². The van der Waals surface area contributed by atoms with Crippen LogP contribution in [0.4, 0.5) is 5.69 Å². The Hall–Kier alpha value is -1.06. The first kappa shape index (κ1) is 11.0. The molecule has 0 radical (unpaired) electrons. The van der Waals surface area contributed by atoms with Gasteiger partial charge in [0.05, 0.1) is 12.1 Å². The van der Waals surface area contributed by atoms with Crippen LogP contribution in [0, 0.1) is 0 Å². The van der Waals surface area contributed by atoms with E-state index in [9.17, 15) is 0 Å². The Morgan fingerprint density at radius 3 is 2.14 bits per heavy atom. The lowest BCUT2D eigenvalue weighted by Gasteiger charge is -2.23. The summed E-state index contributed by atoms with van der Waals surface area (Å²) in [6.07, 6.45) is 0. The smallest absolute Gasteiger partial charge is 0.0650 e. The summed E-state index contributed by atoms with van der Waals surface area (Å²) < 4.78 is 0. The number of rotatable bonds is 3. The molecule has 0 aliphatic carbocycles. The second-order valence-electron chi connectivity index (χ2n) is 4.02. The highest BCUT2D eigenvalue weighted by atomic mass is 16.3. The summed E-state index contributed by atoms with van der Waals surface area (Å²) in [6, 6.07) is 7.89. The van der Waals surface area contributed by atoms with Gasteiger partial charge in [-0.1, -0.05) is 12.1 Å². The Kier molecular flexibility index (Phi) is 3.13.